The fourth-order valence-electron chi connectivity index (χ4n) is 8.27. The lowest BCUT2D eigenvalue weighted by atomic mass is 9.49. The Hall–Kier alpha value is -0.530. The molecule has 0 N–H and O–H groups in total. The number of unbranched alkanes of at least 4 members (excludes halogenated alkanes) is 7. The first-order chi connectivity index (χ1) is 16.7. The number of ether oxygens (including phenoxy) is 1. The highest BCUT2D eigenvalue weighted by Gasteiger charge is 2.57. The Balaban J connectivity index is 1.67. The van der Waals surface area contributed by atoms with Gasteiger partial charge in [0, 0.05) is 0 Å². The molecule has 2 nitrogen and oxygen atoms in total. The minimum absolute atomic E-state index is 0.181. The van der Waals surface area contributed by atoms with Crippen LogP contribution in [0.4, 0.5) is 0 Å². The molecule has 0 radical (unpaired) electrons. The molecule has 3 rings (SSSR count). The van der Waals surface area contributed by atoms with Crippen LogP contribution in [0.25, 0.3) is 0 Å². The van der Waals surface area contributed by atoms with Gasteiger partial charge < -0.3 is 4.74 Å². The lowest BCUT2D eigenvalue weighted by molar-refractivity contribution is -0.175. The molecule has 0 bridgehead atoms. The van der Waals surface area contributed by atoms with Crippen molar-refractivity contribution in [3.63, 3.8) is 0 Å². The zero-order chi connectivity index (χ0) is 24.1. The standard InChI is InChI=1S/C32H58O2/c1-3-5-6-7-8-9-10-15-22-31(25-20-29(21-26-31)28-18-13-11-14-19-28)32(23-16-12-17-24-32)30(33)34-27-4-2/h28-29H,3-27H2,1-2H3. The summed E-state index contributed by atoms with van der Waals surface area (Å²) in [4.78, 5) is 13.8. The molecule has 0 saturated heterocycles. The Labute approximate surface area is 212 Å². The van der Waals surface area contributed by atoms with Gasteiger partial charge in [0.1, 0.15) is 0 Å². The van der Waals surface area contributed by atoms with Gasteiger partial charge in [-0.15, -0.1) is 0 Å². The van der Waals surface area contributed by atoms with Crippen molar-refractivity contribution >= 4 is 5.97 Å². The van der Waals surface area contributed by atoms with Gasteiger partial charge >= 0.3 is 5.97 Å². The number of hydrogen-bond donors (Lipinski definition) is 0. The molecule has 3 aliphatic rings. The first-order valence-corrected chi connectivity index (χ1v) is 15.8. The van der Waals surface area contributed by atoms with Crippen LogP contribution in [-0.2, 0) is 9.53 Å². The molecule has 0 spiro atoms. The van der Waals surface area contributed by atoms with Crippen LogP contribution in [0.1, 0.15) is 168 Å². The summed E-state index contributed by atoms with van der Waals surface area (Å²) in [6, 6.07) is 0. The maximum absolute atomic E-state index is 13.8. The number of carbonyl (C=O) groups is 1. The Bertz CT molecular complexity index is 547. The van der Waals surface area contributed by atoms with Crippen LogP contribution in [0.15, 0.2) is 0 Å². The van der Waals surface area contributed by atoms with Gasteiger partial charge in [-0.25, -0.2) is 0 Å². The molecule has 0 atom stereocenters. The second-order valence-corrected chi connectivity index (χ2v) is 12.5. The molecule has 0 aliphatic heterocycles. The third kappa shape index (κ3) is 7.25. The van der Waals surface area contributed by atoms with Crippen LogP contribution in [0.2, 0.25) is 0 Å². The van der Waals surface area contributed by atoms with Gasteiger partial charge in [0.05, 0.1) is 12.0 Å². The Morgan fingerprint density at radius 1 is 0.647 bits per heavy atom. The molecule has 0 amide bonds. The summed E-state index contributed by atoms with van der Waals surface area (Å²) >= 11 is 0. The molecular weight excluding hydrogens is 416 g/mol. The molecule has 0 aromatic rings. The normalized spacial score (nSPS) is 28.0. The molecule has 3 aliphatic carbocycles. The minimum atomic E-state index is -0.181. The van der Waals surface area contributed by atoms with Gasteiger partial charge in [0.25, 0.3) is 0 Å². The molecule has 3 saturated carbocycles. The zero-order valence-corrected chi connectivity index (χ0v) is 23.1. The van der Waals surface area contributed by atoms with Gasteiger partial charge in [-0.3, -0.25) is 4.79 Å². The fraction of sp³-hybridized carbons (Fsp3) is 0.969. The maximum atomic E-state index is 13.8. The van der Waals surface area contributed by atoms with Crippen molar-refractivity contribution in [3.8, 4) is 0 Å². The summed E-state index contributed by atoms with van der Waals surface area (Å²) in [5, 5.41) is 0. The van der Waals surface area contributed by atoms with Gasteiger partial charge in [-0.05, 0) is 68.6 Å². The largest absolute Gasteiger partial charge is 0.465 e. The number of esters is 1. The predicted octanol–water partition coefficient (Wildman–Crippen LogP) is 10.2. The van der Waals surface area contributed by atoms with E-state index in [1.54, 1.807) is 0 Å². The van der Waals surface area contributed by atoms with Crippen molar-refractivity contribution in [1.29, 1.82) is 0 Å². The van der Waals surface area contributed by atoms with Crippen molar-refractivity contribution in [2.45, 2.75) is 168 Å². The highest BCUT2D eigenvalue weighted by Crippen LogP contribution is 2.61. The molecular formula is C32H58O2. The second-order valence-electron chi connectivity index (χ2n) is 12.5. The minimum Gasteiger partial charge on any atom is -0.465 e. The number of carbonyl (C=O) groups excluding carboxylic acids is 1. The Kier molecular flexibility index (Phi) is 12.3. The predicted molar refractivity (Wildman–Crippen MR) is 145 cm³/mol. The van der Waals surface area contributed by atoms with Crippen molar-refractivity contribution < 1.29 is 9.53 Å². The summed E-state index contributed by atoms with van der Waals surface area (Å²) < 4.78 is 6.00. The molecule has 3 fully saturated rings. The van der Waals surface area contributed by atoms with Crippen LogP contribution in [0, 0.1) is 22.7 Å². The molecule has 198 valence electrons. The topological polar surface area (TPSA) is 26.3 Å². The van der Waals surface area contributed by atoms with Crippen molar-refractivity contribution in [3.05, 3.63) is 0 Å². The summed E-state index contributed by atoms with van der Waals surface area (Å²) in [5.41, 5.74) is 0.0324. The van der Waals surface area contributed by atoms with Gasteiger partial charge in [-0.1, -0.05) is 117 Å². The number of hydrogen-bond acceptors (Lipinski definition) is 2. The molecule has 0 aromatic carbocycles. The van der Waals surface area contributed by atoms with Crippen LogP contribution in [0.3, 0.4) is 0 Å². The monoisotopic (exact) mass is 474 g/mol. The van der Waals surface area contributed by atoms with Crippen LogP contribution < -0.4 is 0 Å². The first-order valence-electron chi connectivity index (χ1n) is 15.8. The molecule has 2 heteroatoms. The second kappa shape index (κ2) is 14.9. The summed E-state index contributed by atoms with van der Waals surface area (Å²) in [5.74, 6) is 2.10. The Morgan fingerprint density at radius 3 is 1.82 bits per heavy atom. The quantitative estimate of drug-likeness (QED) is 0.185. The maximum Gasteiger partial charge on any atom is 0.312 e. The highest BCUT2D eigenvalue weighted by atomic mass is 16.5. The lowest BCUT2D eigenvalue weighted by Gasteiger charge is -2.55. The average molecular weight is 475 g/mol. The van der Waals surface area contributed by atoms with E-state index in [2.05, 4.69) is 13.8 Å². The van der Waals surface area contributed by atoms with Gasteiger partial charge in [0.15, 0.2) is 0 Å². The molecule has 0 aromatic heterocycles. The van der Waals surface area contributed by atoms with Crippen LogP contribution in [0.5, 0.6) is 0 Å². The summed E-state index contributed by atoms with van der Waals surface area (Å²) in [6.07, 6.45) is 31.9. The van der Waals surface area contributed by atoms with E-state index in [-0.39, 0.29) is 16.8 Å². The van der Waals surface area contributed by atoms with Crippen molar-refractivity contribution in [2.24, 2.45) is 22.7 Å². The van der Waals surface area contributed by atoms with E-state index in [9.17, 15) is 4.79 Å². The van der Waals surface area contributed by atoms with Crippen LogP contribution >= 0.6 is 0 Å². The lowest BCUT2D eigenvalue weighted by Crippen LogP contribution is -2.52. The zero-order valence-electron chi connectivity index (χ0n) is 23.1. The molecule has 0 heterocycles. The van der Waals surface area contributed by atoms with E-state index in [4.69, 9.17) is 4.74 Å². The molecule has 0 unspecified atom stereocenters. The fourth-order valence-corrected chi connectivity index (χ4v) is 8.27. The Morgan fingerprint density at radius 2 is 1.21 bits per heavy atom. The number of rotatable bonds is 14. The smallest absolute Gasteiger partial charge is 0.312 e. The van der Waals surface area contributed by atoms with E-state index in [1.807, 2.05) is 0 Å². The van der Waals surface area contributed by atoms with E-state index in [0.29, 0.717) is 6.61 Å². The average Bonchev–Trinajstić information content (AvgIpc) is 2.90. The van der Waals surface area contributed by atoms with E-state index in [1.165, 1.54) is 135 Å². The van der Waals surface area contributed by atoms with Crippen molar-refractivity contribution in [2.75, 3.05) is 6.61 Å². The van der Waals surface area contributed by atoms with Crippen LogP contribution in [-0.4, -0.2) is 12.6 Å². The van der Waals surface area contributed by atoms with E-state index < -0.39 is 0 Å². The summed E-state index contributed by atoms with van der Waals surface area (Å²) in [6.45, 7) is 5.04. The molecule has 34 heavy (non-hydrogen) atoms. The highest BCUT2D eigenvalue weighted by molar-refractivity contribution is 5.78. The van der Waals surface area contributed by atoms with E-state index in [0.717, 1.165) is 31.1 Å². The van der Waals surface area contributed by atoms with Gasteiger partial charge in [0.2, 0.25) is 0 Å². The van der Waals surface area contributed by atoms with Gasteiger partial charge in [-0.2, -0.15) is 0 Å². The third-order valence-corrected chi connectivity index (χ3v) is 10.4. The third-order valence-electron chi connectivity index (χ3n) is 10.4. The van der Waals surface area contributed by atoms with E-state index >= 15 is 0 Å². The summed E-state index contributed by atoms with van der Waals surface area (Å²) in [7, 11) is 0. The first kappa shape index (κ1) is 28.0. The van der Waals surface area contributed by atoms with Crippen molar-refractivity contribution in [1.82, 2.24) is 0 Å². The SMILES string of the molecule is CCCCCCCCCCC1(C2(C(=O)OCCC)CCCCC2)CCC(C2CCCCC2)CC1.